The van der Waals surface area contributed by atoms with E-state index in [2.05, 4.69) is 24.2 Å². The number of aliphatic imine (C=N–C) groups is 1. The van der Waals surface area contributed by atoms with Gasteiger partial charge in [0.15, 0.2) is 29.0 Å². The van der Waals surface area contributed by atoms with Crippen LogP contribution in [0.4, 0.5) is 0 Å². The number of rotatable bonds is 9. The Kier molecular flexibility index (Phi) is 7.59. The Hall–Kier alpha value is -3.09. The molecular formula is C22H31N3O4. The highest BCUT2D eigenvalue weighted by Gasteiger charge is 2.22. The number of nitrogens with two attached hydrogens (primary N) is 1. The average molecular weight is 402 g/mol. The van der Waals surface area contributed by atoms with Gasteiger partial charge in [0, 0.05) is 12.0 Å². The van der Waals surface area contributed by atoms with Gasteiger partial charge >= 0.3 is 0 Å². The molecule has 2 aromatic carbocycles. The first-order chi connectivity index (χ1) is 13.8. The number of guanidine groups is 1. The van der Waals surface area contributed by atoms with E-state index < -0.39 is 0 Å². The molecule has 3 N–H and O–H groups in total. The number of benzene rings is 2. The second-order valence-corrected chi connectivity index (χ2v) is 7.20. The standard InChI is InChI=1S/C22H31N3O4/c1-22(2,16-8-10-18(27-4)20(12-16)29-6)14-25-21(23)24-13-15-7-9-17(26-3)19(11-15)28-5/h7-12H,13-14H2,1-6H3,(H3,23,24,25). The van der Waals surface area contributed by atoms with Gasteiger partial charge < -0.3 is 30.0 Å². The zero-order chi connectivity index (χ0) is 21.4. The zero-order valence-electron chi connectivity index (χ0n) is 18.0. The SMILES string of the molecule is COc1ccc(CN=C(N)NCC(C)(C)c2ccc(OC)c(OC)c2)cc1OC. The average Bonchev–Trinajstić information content (AvgIpc) is 2.75. The van der Waals surface area contributed by atoms with Crippen LogP contribution in [0.5, 0.6) is 23.0 Å². The van der Waals surface area contributed by atoms with Crippen LogP contribution in [0, 0.1) is 0 Å². The minimum absolute atomic E-state index is 0.191. The summed E-state index contributed by atoms with van der Waals surface area (Å²) in [5.41, 5.74) is 7.97. The molecular weight excluding hydrogens is 370 g/mol. The number of methoxy groups -OCH3 is 4. The third-order valence-corrected chi connectivity index (χ3v) is 4.76. The van der Waals surface area contributed by atoms with Crippen molar-refractivity contribution in [3.8, 4) is 23.0 Å². The number of nitrogens with one attached hydrogen (secondary N) is 1. The molecule has 0 unspecified atom stereocenters. The minimum atomic E-state index is -0.191. The Morgan fingerprint density at radius 3 is 2.00 bits per heavy atom. The van der Waals surface area contributed by atoms with E-state index in [1.807, 2.05) is 36.4 Å². The van der Waals surface area contributed by atoms with E-state index in [-0.39, 0.29) is 5.41 Å². The van der Waals surface area contributed by atoms with Gasteiger partial charge in [-0.15, -0.1) is 0 Å². The molecule has 0 fully saturated rings. The van der Waals surface area contributed by atoms with Crippen molar-refractivity contribution in [2.24, 2.45) is 10.7 Å². The Labute approximate surface area is 172 Å². The van der Waals surface area contributed by atoms with Crippen LogP contribution in [-0.2, 0) is 12.0 Å². The summed E-state index contributed by atoms with van der Waals surface area (Å²) in [7, 11) is 6.47. The first-order valence-electron chi connectivity index (χ1n) is 9.31. The summed E-state index contributed by atoms with van der Waals surface area (Å²) in [6.45, 7) is 5.31. The van der Waals surface area contributed by atoms with E-state index in [1.165, 1.54) is 0 Å². The first-order valence-corrected chi connectivity index (χ1v) is 9.31. The minimum Gasteiger partial charge on any atom is -0.493 e. The van der Waals surface area contributed by atoms with Crippen LogP contribution in [0.15, 0.2) is 41.4 Å². The molecule has 7 heteroatoms. The predicted molar refractivity (Wildman–Crippen MR) is 115 cm³/mol. The quantitative estimate of drug-likeness (QED) is 0.496. The highest BCUT2D eigenvalue weighted by Crippen LogP contribution is 2.33. The van der Waals surface area contributed by atoms with Gasteiger partial charge in [-0.1, -0.05) is 26.0 Å². The molecule has 0 aliphatic heterocycles. The summed E-state index contributed by atoms with van der Waals surface area (Å²) in [5, 5.41) is 3.21. The van der Waals surface area contributed by atoms with Gasteiger partial charge in [0.2, 0.25) is 0 Å². The van der Waals surface area contributed by atoms with Gasteiger partial charge in [-0.3, -0.25) is 0 Å². The monoisotopic (exact) mass is 401 g/mol. The van der Waals surface area contributed by atoms with Crippen LogP contribution in [0.2, 0.25) is 0 Å². The third-order valence-electron chi connectivity index (χ3n) is 4.76. The van der Waals surface area contributed by atoms with E-state index in [0.29, 0.717) is 42.0 Å². The number of nitrogens with zero attached hydrogens (tertiary/aromatic N) is 1. The van der Waals surface area contributed by atoms with Gasteiger partial charge in [0.25, 0.3) is 0 Å². The van der Waals surface area contributed by atoms with E-state index in [1.54, 1.807) is 28.4 Å². The van der Waals surface area contributed by atoms with E-state index in [0.717, 1.165) is 11.1 Å². The Morgan fingerprint density at radius 1 is 0.862 bits per heavy atom. The lowest BCUT2D eigenvalue weighted by Gasteiger charge is -2.26. The van der Waals surface area contributed by atoms with Crippen LogP contribution in [0.3, 0.4) is 0 Å². The van der Waals surface area contributed by atoms with Crippen LogP contribution in [0.25, 0.3) is 0 Å². The second-order valence-electron chi connectivity index (χ2n) is 7.20. The zero-order valence-corrected chi connectivity index (χ0v) is 18.0. The molecule has 0 bridgehead atoms. The van der Waals surface area contributed by atoms with Crippen molar-refractivity contribution in [2.45, 2.75) is 25.8 Å². The second kappa shape index (κ2) is 9.91. The summed E-state index contributed by atoms with van der Waals surface area (Å²) in [6, 6.07) is 11.6. The summed E-state index contributed by atoms with van der Waals surface area (Å²) >= 11 is 0. The van der Waals surface area contributed by atoms with E-state index >= 15 is 0 Å². The van der Waals surface area contributed by atoms with E-state index in [9.17, 15) is 0 Å². The normalized spacial score (nSPS) is 11.7. The summed E-state index contributed by atoms with van der Waals surface area (Å²) < 4.78 is 21.3. The smallest absolute Gasteiger partial charge is 0.188 e. The van der Waals surface area contributed by atoms with Crippen LogP contribution < -0.4 is 30.0 Å². The fourth-order valence-electron chi connectivity index (χ4n) is 2.88. The third kappa shape index (κ3) is 5.70. The number of ether oxygens (including phenoxy) is 4. The van der Waals surface area contributed by atoms with Crippen LogP contribution in [0.1, 0.15) is 25.0 Å². The molecule has 0 spiro atoms. The van der Waals surface area contributed by atoms with Gasteiger partial charge in [0.1, 0.15) is 0 Å². The number of hydrogen-bond acceptors (Lipinski definition) is 5. The topological polar surface area (TPSA) is 87.3 Å². The van der Waals surface area contributed by atoms with Crippen molar-refractivity contribution < 1.29 is 18.9 Å². The summed E-state index contributed by atoms with van der Waals surface area (Å²) in [5.74, 6) is 3.14. The first kappa shape index (κ1) is 22.2. The number of hydrogen-bond donors (Lipinski definition) is 2. The summed E-state index contributed by atoms with van der Waals surface area (Å²) in [4.78, 5) is 4.43. The van der Waals surface area contributed by atoms with Crippen molar-refractivity contribution >= 4 is 5.96 Å². The molecule has 2 aromatic rings. The molecule has 158 valence electrons. The Balaban J connectivity index is 2.02. The van der Waals surface area contributed by atoms with Crippen molar-refractivity contribution in [3.05, 3.63) is 47.5 Å². The molecule has 0 aliphatic carbocycles. The van der Waals surface area contributed by atoms with Crippen molar-refractivity contribution in [2.75, 3.05) is 35.0 Å². The van der Waals surface area contributed by atoms with Gasteiger partial charge in [-0.2, -0.15) is 0 Å². The molecule has 29 heavy (non-hydrogen) atoms. The largest absolute Gasteiger partial charge is 0.493 e. The van der Waals surface area contributed by atoms with Crippen LogP contribution >= 0.6 is 0 Å². The molecule has 0 heterocycles. The molecule has 0 amide bonds. The molecule has 0 aliphatic rings. The maximum atomic E-state index is 6.07. The van der Waals surface area contributed by atoms with Gasteiger partial charge in [-0.25, -0.2) is 4.99 Å². The highest BCUT2D eigenvalue weighted by atomic mass is 16.5. The highest BCUT2D eigenvalue weighted by molar-refractivity contribution is 5.78. The molecule has 0 saturated carbocycles. The molecule has 7 nitrogen and oxygen atoms in total. The van der Waals surface area contributed by atoms with Gasteiger partial charge in [-0.05, 0) is 35.4 Å². The Bertz CT molecular complexity index is 850. The van der Waals surface area contributed by atoms with Crippen molar-refractivity contribution in [1.82, 2.24) is 5.32 Å². The summed E-state index contributed by atoms with van der Waals surface area (Å²) in [6.07, 6.45) is 0. The molecule has 0 atom stereocenters. The molecule has 0 saturated heterocycles. The van der Waals surface area contributed by atoms with Crippen molar-refractivity contribution in [1.29, 1.82) is 0 Å². The maximum Gasteiger partial charge on any atom is 0.188 e. The van der Waals surface area contributed by atoms with Crippen LogP contribution in [-0.4, -0.2) is 40.9 Å². The lowest BCUT2D eigenvalue weighted by Crippen LogP contribution is -2.40. The molecule has 0 aromatic heterocycles. The lowest BCUT2D eigenvalue weighted by molar-refractivity contribution is 0.353. The lowest BCUT2D eigenvalue weighted by atomic mass is 9.84. The Morgan fingerprint density at radius 2 is 1.41 bits per heavy atom. The predicted octanol–water partition coefficient (Wildman–Crippen LogP) is 3.10. The molecule has 2 rings (SSSR count). The molecule has 0 radical (unpaired) electrons. The van der Waals surface area contributed by atoms with Crippen molar-refractivity contribution in [3.63, 3.8) is 0 Å². The fourth-order valence-corrected chi connectivity index (χ4v) is 2.88. The fraction of sp³-hybridized carbons (Fsp3) is 0.409. The van der Waals surface area contributed by atoms with Gasteiger partial charge in [0.05, 0.1) is 35.0 Å². The van der Waals surface area contributed by atoms with E-state index in [4.69, 9.17) is 24.7 Å². The maximum absolute atomic E-state index is 6.07.